The van der Waals surface area contributed by atoms with Crippen LogP contribution < -0.4 is 4.74 Å². The molecule has 0 heterocycles. The summed E-state index contributed by atoms with van der Waals surface area (Å²) < 4.78 is 24.4. The van der Waals surface area contributed by atoms with Crippen LogP contribution in [-0.2, 0) is 27.3 Å². The highest BCUT2D eigenvalue weighted by atomic mass is 35.5. The number of carbonyl (C=O) groups excluding carboxylic acids is 2. The van der Waals surface area contributed by atoms with E-state index in [1.165, 1.54) is 24.1 Å². The zero-order chi connectivity index (χ0) is 20.5. The van der Waals surface area contributed by atoms with E-state index in [1.54, 1.807) is 6.07 Å². The van der Waals surface area contributed by atoms with Crippen molar-refractivity contribution in [1.82, 2.24) is 4.90 Å². The van der Waals surface area contributed by atoms with Crippen LogP contribution in [0.1, 0.15) is 24.5 Å². The van der Waals surface area contributed by atoms with E-state index in [0.29, 0.717) is 13.0 Å². The van der Waals surface area contributed by atoms with Gasteiger partial charge in [-0.25, -0.2) is 4.39 Å². The number of esters is 1. The van der Waals surface area contributed by atoms with Crippen molar-refractivity contribution in [2.45, 2.75) is 26.3 Å². The molecule has 0 aliphatic rings. The molecule has 0 unspecified atom stereocenters. The van der Waals surface area contributed by atoms with Gasteiger partial charge in [-0.3, -0.25) is 9.59 Å². The summed E-state index contributed by atoms with van der Waals surface area (Å²) >= 11 is 5.97. The van der Waals surface area contributed by atoms with E-state index in [2.05, 4.69) is 0 Å². The van der Waals surface area contributed by atoms with E-state index in [0.717, 1.165) is 11.3 Å². The van der Waals surface area contributed by atoms with Crippen molar-refractivity contribution >= 4 is 23.5 Å². The highest BCUT2D eigenvalue weighted by Crippen LogP contribution is 2.21. The SMILES string of the molecule is CCOc1ccccc1CCC(=O)OCC(=O)N(C)Cc1c(F)cccc1Cl. The Morgan fingerprint density at radius 1 is 1.14 bits per heavy atom. The van der Waals surface area contributed by atoms with E-state index in [9.17, 15) is 14.0 Å². The molecule has 7 heteroatoms. The van der Waals surface area contributed by atoms with Crippen molar-refractivity contribution in [1.29, 1.82) is 0 Å². The Bertz CT molecular complexity index is 808. The van der Waals surface area contributed by atoms with Gasteiger partial charge in [-0.1, -0.05) is 35.9 Å². The molecule has 2 rings (SSSR count). The van der Waals surface area contributed by atoms with Gasteiger partial charge in [0.2, 0.25) is 0 Å². The van der Waals surface area contributed by atoms with Gasteiger partial charge < -0.3 is 14.4 Å². The highest BCUT2D eigenvalue weighted by molar-refractivity contribution is 6.31. The van der Waals surface area contributed by atoms with Crippen LogP contribution in [0, 0.1) is 5.82 Å². The maximum atomic E-state index is 13.8. The third-order valence-electron chi connectivity index (χ3n) is 4.11. The lowest BCUT2D eigenvalue weighted by Gasteiger charge is -2.18. The maximum Gasteiger partial charge on any atom is 0.306 e. The number of ether oxygens (including phenoxy) is 2. The number of rotatable bonds is 9. The number of likely N-dealkylation sites (N-methyl/N-ethyl adjacent to an activating group) is 1. The first kappa shape index (κ1) is 21.7. The number of hydrogen-bond acceptors (Lipinski definition) is 4. The molecule has 0 N–H and O–H groups in total. The average molecular weight is 408 g/mol. The summed E-state index contributed by atoms with van der Waals surface area (Å²) in [5, 5.41) is 0.240. The predicted octanol–water partition coefficient (Wildman–Crippen LogP) is 4.01. The molecule has 2 aromatic rings. The molecular formula is C21H23ClFNO4. The molecule has 0 radical (unpaired) electrons. The second kappa shape index (κ2) is 10.7. The number of para-hydroxylation sites is 1. The van der Waals surface area contributed by atoms with Crippen LogP contribution in [0.2, 0.25) is 5.02 Å². The number of nitrogens with zero attached hydrogens (tertiary/aromatic N) is 1. The quantitative estimate of drug-likeness (QED) is 0.589. The number of halogens is 2. The fraction of sp³-hybridized carbons (Fsp3) is 0.333. The molecule has 0 aliphatic heterocycles. The number of carbonyl (C=O) groups is 2. The molecule has 1 amide bonds. The molecule has 0 saturated heterocycles. The lowest BCUT2D eigenvalue weighted by molar-refractivity contribution is -0.151. The monoisotopic (exact) mass is 407 g/mol. The van der Waals surface area contributed by atoms with Gasteiger partial charge in [0.25, 0.3) is 5.91 Å². The zero-order valence-electron chi connectivity index (χ0n) is 15.9. The minimum atomic E-state index is -0.489. The van der Waals surface area contributed by atoms with Crippen molar-refractivity contribution in [2.75, 3.05) is 20.3 Å². The summed E-state index contributed by atoms with van der Waals surface area (Å²) in [6.45, 7) is 2.01. The van der Waals surface area contributed by atoms with Crippen LogP contribution >= 0.6 is 11.6 Å². The van der Waals surface area contributed by atoms with Gasteiger partial charge in [-0.15, -0.1) is 0 Å². The summed E-state index contributed by atoms with van der Waals surface area (Å²) in [6.07, 6.45) is 0.574. The van der Waals surface area contributed by atoms with Crippen molar-refractivity contribution in [2.24, 2.45) is 0 Å². The standard InChI is InChI=1S/C21H23ClFNO4/c1-3-27-19-10-5-4-7-15(19)11-12-21(26)28-14-20(25)24(2)13-16-17(22)8-6-9-18(16)23/h4-10H,3,11-14H2,1-2H3. The first-order valence-corrected chi connectivity index (χ1v) is 9.33. The van der Waals surface area contributed by atoms with Crippen molar-refractivity contribution < 1.29 is 23.5 Å². The van der Waals surface area contributed by atoms with Gasteiger partial charge in [-0.2, -0.15) is 0 Å². The van der Waals surface area contributed by atoms with E-state index in [4.69, 9.17) is 21.1 Å². The van der Waals surface area contributed by atoms with Gasteiger partial charge in [0.05, 0.1) is 6.61 Å². The van der Waals surface area contributed by atoms with Crippen LogP contribution in [0.25, 0.3) is 0 Å². The topological polar surface area (TPSA) is 55.8 Å². The molecule has 2 aromatic carbocycles. The number of hydrogen-bond donors (Lipinski definition) is 0. The van der Waals surface area contributed by atoms with Crippen LogP contribution in [0.15, 0.2) is 42.5 Å². The Labute approximate surface area is 169 Å². The van der Waals surface area contributed by atoms with Gasteiger partial charge in [-0.05, 0) is 37.1 Å². The van der Waals surface area contributed by atoms with E-state index >= 15 is 0 Å². The fourth-order valence-corrected chi connectivity index (χ4v) is 2.80. The fourth-order valence-electron chi connectivity index (χ4n) is 2.58. The number of benzene rings is 2. The Kier molecular flexibility index (Phi) is 8.26. The molecule has 0 bridgehead atoms. The molecule has 0 fully saturated rings. The van der Waals surface area contributed by atoms with Crippen molar-refractivity contribution in [3.8, 4) is 5.75 Å². The smallest absolute Gasteiger partial charge is 0.306 e. The van der Waals surface area contributed by atoms with E-state index < -0.39 is 24.3 Å². The first-order valence-electron chi connectivity index (χ1n) is 8.95. The lowest BCUT2D eigenvalue weighted by atomic mass is 10.1. The van der Waals surface area contributed by atoms with Crippen LogP contribution in [0.3, 0.4) is 0 Å². The number of amides is 1. The summed E-state index contributed by atoms with van der Waals surface area (Å²) in [4.78, 5) is 25.4. The molecular weight excluding hydrogens is 385 g/mol. The minimum Gasteiger partial charge on any atom is -0.494 e. The van der Waals surface area contributed by atoms with Crippen molar-refractivity contribution in [3.05, 3.63) is 64.4 Å². The Balaban J connectivity index is 1.81. The maximum absolute atomic E-state index is 13.8. The molecule has 0 aromatic heterocycles. The summed E-state index contributed by atoms with van der Waals surface area (Å²) in [7, 11) is 1.50. The zero-order valence-corrected chi connectivity index (χ0v) is 16.7. The number of aryl methyl sites for hydroxylation is 1. The van der Waals surface area contributed by atoms with Gasteiger partial charge >= 0.3 is 5.97 Å². The third-order valence-corrected chi connectivity index (χ3v) is 4.46. The third kappa shape index (κ3) is 6.23. The molecule has 150 valence electrons. The molecule has 28 heavy (non-hydrogen) atoms. The Morgan fingerprint density at radius 3 is 2.61 bits per heavy atom. The minimum absolute atomic E-state index is 0.0103. The average Bonchev–Trinajstić information content (AvgIpc) is 2.68. The largest absolute Gasteiger partial charge is 0.494 e. The Hall–Kier alpha value is -2.60. The van der Waals surface area contributed by atoms with Gasteiger partial charge in [0, 0.05) is 30.6 Å². The highest BCUT2D eigenvalue weighted by Gasteiger charge is 2.16. The second-order valence-electron chi connectivity index (χ2n) is 6.15. The first-order chi connectivity index (χ1) is 13.4. The molecule has 0 saturated carbocycles. The van der Waals surface area contributed by atoms with Crippen LogP contribution in [-0.4, -0.2) is 37.0 Å². The van der Waals surface area contributed by atoms with E-state index in [-0.39, 0.29) is 23.6 Å². The molecule has 0 atom stereocenters. The second-order valence-corrected chi connectivity index (χ2v) is 6.56. The predicted molar refractivity (Wildman–Crippen MR) is 105 cm³/mol. The molecule has 0 spiro atoms. The summed E-state index contributed by atoms with van der Waals surface area (Å²) in [5.41, 5.74) is 1.12. The molecule has 5 nitrogen and oxygen atoms in total. The summed E-state index contributed by atoms with van der Waals surface area (Å²) in [5.74, 6) is -0.688. The Morgan fingerprint density at radius 2 is 1.89 bits per heavy atom. The van der Waals surface area contributed by atoms with Gasteiger partial charge in [0.1, 0.15) is 11.6 Å². The summed E-state index contributed by atoms with van der Waals surface area (Å²) in [6, 6.07) is 11.8. The van der Waals surface area contributed by atoms with Crippen LogP contribution in [0.5, 0.6) is 5.75 Å². The van der Waals surface area contributed by atoms with Gasteiger partial charge in [0.15, 0.2) is 6.61 Å². The van der Waals surface area contributed by atoms with Crippen molar-refractivity contribution in [3.63, 3.8) is 0 Å². The lowest BCUT2D eigenvalue weighted by Crippen LogP contribution is -2.31. The van der Waals surface area contributed by atoms with E-state index in [1.807, 2.05) is 31.2 Å². The van der Waals surface area contributed by atoms with Crippen LogP contribution in [0.4, 0.5) is 4.39 Å². The normalized spacial score (nSPS) is 10.4. The molecule has 0 aliphatic carbocycles.